The Balaban J connectivity index is 1.61. The van der Waals surface area contributed by atoms with Crippen LogP contribution in [-0.2, 0) is 12.0 Å². The van der Waals surface area contributed by atoms with Crippen LogP contribution < -0.4 is 0 Å². The lowest BCUT2D eigenvalue weighted by Gasteiger charge is -2.33. The molecule has 1 aliphatic heterocycles. The fourth-order valence-electron chi connectivity index (χ4n) is 4.09. The van der Waals surface area contributed by atoms with E-state index in [0.29, 0.717) is 18.7 Å². The zero-order chi connectivity index (χ0) is 21.9. The van der Waals surface area contributed by atoms with Crippen molar-refractivity contribution in [2.45, 2.75) is 45.8 Å². The first-order chi connectivity index (χ1) is 14.7. The van der Waals surface area contributed by atoms with Crippen LogP contribution in [0.2, 0.25) is 0 Å². The number of oxazole rings is 1. The molecule has 1 atom stereocenters. The van der Waals surface area contributed by atoms with Crippen molar-refractivity contribution in [2.24, 2.45) is 0 Å². The van der Waals surface area contributed by atoms with Crippen LogP contribution in [0.25, 0.3) is 5.52 Å². The molecular weight excluding hydrogens is 396 g/mol. The van der Waals surface area contributed by atoms with Crippen molar-refractivity contribution in [1.29, 1.82) is 0 Å². The van der Waals surface area contributed by atoms with E-state index in [2.05, 4.69) is 15.0 Å². The molecule has 1 aliphatic rings. The number of nitrogens with zero attached hydrogens (tertiary/aromatic N) is 5. The van der Waals surface area contributed by atoms with Crippen LogP contribution in [0.1, 0.15) is 64.7 Å². The number of nitrogens with one attached hydrogen (secondary N) is 1. The van der Waals surface area contributed by atoms with Crippen molar-refractivity contribution in [1.82, 2.24) is 29.5 Å². The number of H-pyrrole nitrogens is 1. The SMILES string of the molecule is Cc1nc(C(C)(C)O)oc1C(=O)N1CCc2[nH]cnc2[C@@H]1c1cc2c(C)cccn2n1. The zero-order valence-electron chi connectivity index (χ0n) is 17.9. The summed E-state index contributed by atoms with van der Waals surface area (Å²) in [6.45, 7) is 7.36. The molecule has 0 aromatic carbocycles. The summed E-state index contributed by atoms with van der Waals surface area (Å²) in [5, 5.41) is 15.0. The Morgan fingerprint density at radius 2 is 2.16 bits per heavy atom. The first-order valence-corrected chi connectivity index (χ1v) is 10.2. The third-order valence-corrected chi connectivity index (χ3v) is 5.71. The summed E-state index contributed by atoms with van der Waals surface area (Å²) in [7, 11) is 0. The van der Waals surface area contributed by atoms with E-state index < -0.39 is 11.6 Å². The molecule has 160 valence electrons. The van der Waals surface area contributed by atoms with Crippen LogP contribution in [0.3, 0.4) is 0 Å². The molecule has 9 heteroatoms. The molecule has 2 N–H and O–H groups in total. The van der Waals surface area contributed by atoms with E-state index in [1.807, 2.05) is 35.8 Å². The number of aryl methyl sites for hydroxylation is 2. The summed E-state index contributed by atoms with van der Waals surface area (Å²) >= 11 is 0. The maximum absolute atomic E-state index is 13.6. The number of aromatic amines is 1. The minimum atomic E-state index is -1.28. The highest BCUT2D eigenvalue weighted by molar-refractivity contribution is 5.93. The van der Waals surface area contributed by atoms with Gasteiger partial charge in [0.1, 0.15) is 11.6 Å². The molecule has 0 fully saturated rings. The number of aromatic nitrogens is 5. The first kappa shape index (κ1) is 19.5. The normalized spacial score (nSPS) is 16.7. The topological polar surface area (TPSA) is 113 Å². The number of hydrogen-bond donors (Lipinski definition) is 2. The van der Waals surface area contributed by atoms with Gasteiger partial charge in [-0.1, -0.05) is 6.07 Å². The van der Waals surface area contributed by atoms with Crippen molar-refractivity contribution in [3.8, 4) is 0 Å². The largest absolute Gasteiger partial charge is 0.432 e. The maximum Gasteiger partial charge on any atom is 0.292 e. The molecule has 5 heterocycles. The van der Waals surface area contributed by atoms with Gasteiger partial charge in [0.15, 0.2) is 0 Å². The van der Waals surface area contributed by atoms with E-state index >= 15 is 0 Å². The molecule has 31 heavy (non-hydrogen) atoms. The second-order valence-electron chi connectivity index (χ2n) is 8.50. The Morgan fingerprint density at radius 1 is 1.35 bits per heavy atom. The number of carbonyl (C=O) groups is 1. The lowest BCUT2D eigenvalue weighted by atomic mass is 9.99. The van der Waals surface area contributed by atoms with Crippen molar-refractivity contribution in [3.63, 3.8) is 0 Å². The van der Waals surface area contributed by atoms with Gasteiger partial charge in [0.05, 0.1) is 28.9 Å². The molecule has 5 rings (SSSR count). The number of carbonyl (C=O) groups excluding carboxylic acids is 1. The number of hydrogen-bond acceptors (Lipinski definition) is 6. The number of amides is 1. The standard InChI is InChI=1S/C22H24N6O3/c1-12-6-5-8-28-16(12)10-15(26-28)18-17-14(23-11-24-17)7-9-27(18)20(29)19-13(2)25-21(31-19)22(3,4)30/h5-6,8,10-11,18,30H,7,9H2,1-4H3,(H,23,24)/t18-/m0/s1. The predicted molar refractivity (Wildman–Crippen MR) is 112 cm³/mol. The minimum Gasteiger partial charge on any atom is -0.432 e. The molecule has 0 aliphatic carbocycles. The Bertz CT molecular complexity index is 1290. The van der Waals surface area contributed by atoms with Gasteiger partial charge in [0.25, 0.3) is 5.91 Å². The monoisotopic (exact) mass is 420 g/mol. The van der Waals surface area contributed by atoms with Crippen molar-refractivity contribution < 1.29 is 14.3 Å². The van der Waals surface area contributed by atoms with E-state index in [-0.39, 0.29) is 17.6 Å². The summed E-state index contributed by atoms with van der Waals surface area (Å²) in [5.41, 5.74) is 3.75. The van der Waals surface area contributed by atoms with Gasteiger partial charge in [-0.2, -0.15) is 5.10 Å². The van der Waals surface area contributed by atoms with Gasteiger partial charge in [0, 0.05) is 24.9 Å². The van der Waals surface area contributed by atoms with E-state index in [4.69, 9.17) is 9.52 Å². The number of aliphatic hydroxyl groups is 1. The van der Waals surface area contributed by atoms with Gasteiger partial charge in [0.2, 0.25) is 11.7 Å². The van der Waals surface area contributed by atoms with Gasteiger partial charge in [-0.05, 0) is 45.4 Å². The van der Waals surface area contributed by atoms with Gasteiger partial charge in [-0.3, -0.25) is 4.79 Å². The van der Waals surface area contributed by atoms with E-state index in [9.17, 15) is 9.90 Å². The van der Waals surface area contributed by atoms with Gasteiger partial charge < -0.3 is 19.4 Å². The molecule has 0 unspecified atom stereocenters. The highest BCUT2D eigenvalue weighted by Crippen LogP contribution is 2.35. The third kappa shape index (κ3) is 3.12. The number of fused-ring (bicyclic) bond motifs is 2. The van der Waals surface area contributed by atoms with Crippen LogP contribution in [0.15, 0.2) is 35.1 Å². The Morgan fingerprint density at radius 3 is 2.87 bits per heavy atom. The number of pyridine rings is 1. The molecule has 0 bridgehead atoms. The van der Waals surface area contributed by atoms with Crippen LogP contribution >= 0.6 is 0 Å². The Kier molecular flexibility index (Phi) is 4.26. The number of rotatable bonds is 3. The molecule has 0 saturated heterocycles. The maximum atomic E-state index is 13.6. The number of imidazole rings is 1. The van der Waals surface area contributed by atoms with E-state index in [1.165, 1.54) is 0 Å². The Hall–Kier alpha value is -3.46. The summed E-state index contributed by atoms with van der Waals surface area (Å²) in [5.74, 6) is -0.0558. The van der Waals surface area contributed by atoms with Gasteiger partial charge in [-0.25, -0.2) is 14.5 Å². The average Bonchev–Trinajstić information content (AvgIpc) is 3.44. The summed E-state index contributed by atoms with van der Waals surface area (Å²) in [6.07, 6.45) is 4.19. The first-order valence-electron chi connectivity index (χ1n) is 10.2. The zero-order valence-corrected chi connectivity index (χ0v) is 17.9. The highest BCUT2D eigenvalue weighted by Gasteiger charge is 2.39. The van der Waals surface area contributed by atoms with Crippen LogP contribution in [-0.4, -0.2) is 47.0 Å². The molecule has 0 saturated carbocycles. The summed E-state index contributed by atoms with van der Waals surface area (Å²) in [4.78, 5) is 27.3. The molecule has 9 nitrogen and oxygen atoms in total. The Labute approximate surface area is 178 Å². The van der Waals surface area contributed by atoms with Gasteiger partial charge >= 0.3 is 0 Å². The average molecular weight is 420 g/mol. The smallest absolute Gasteiger partial charge is 0.292 e. The lowest BCUT2D eigenvalue weighted by molar-refractivity contribution is 0.0440. The molecule has 0 spiro atoms. The summed E-state index contributed by atoms with van der Waals surface area (Å²) in [6, 6.07) is 5.51. The molecular formula is C22H24N6O3. The third-order valence-electron chi connectivity index (χ3n) is 5.71. The lowest BCUT2D eigenvalue weighted by Crippen LogP contribution is -2.41. The fraction of sp³-hybridized carbons (Fsp3) is 0.364. The highest BCUT2D eigenvalue weighted by atomic mass is 16.4. The molecule has 4 aromatic rings. The fourth-order valence-corrected chi connectivity index (χ4v) is 4.09. The van der Waals surface area contributed by atoms with Gasteiger partial charge in [-0.15, -0.1) is 0 Å². The predicted octanol–water partition coefficient (Wildman–Crippen LogP) is 2.68. The summed E-state index contributed by atoms with van der Waals surface area (Å²) < 4.78 is 7.54. The van der Waals surface area contributed by atoms with E-state index in [1.54, 1.807) is 32.0 Å². The van der Waals surface area contributed by atoms with Crippen molar-refractivity contribution in [2.75, 3.05) is 6.54 Å². The van der Waals surface area contributed by atoms with Crippen molar-refractivity contribution in [3.05, 3.63) is 70.7 Å². The molecule has 1 amide bonds. The van der Waals surface area contributed by atoms with E-state index in [0.717, 1.165) is 28.2 Å². The quantitative estimate of drug-likeness (QED) is 0.527. The second-order valence-corrected chi connectivity index (χ2v) is 8.50. The molecule has 4 aromatic heterocycles. The van der Waals surface area contributed by atoms with Crippen molar-refractivity contribution >= 4 is 11.4 Å². The minimum absolute atomic E-state index is 0.116. The molecule has 0 radical (unpaired) electrons. The van der Waals surface area contributed by atoms with Crippen LogP contribution in [0.5, 0.6) is 0 Å². The van der Waals surface area contributed by atoms with Crippen LogP contribution in [0, 0.1) is 13.8 Å². The second kappa shape index (κ2) is 6.78. The van der Waals surface area contributed by atoms with Crippen LogP contribution in [0.4, 0.5) is 0 Å².